The second-order valence-electron chi connectivity index (χ2n) is 8.16. The van der Waals surface area contributed by atoms with Crippen LogP contribution in [0.1, 0.15) is 41.8 Å². The molecule has 5 rings (SSSR count). The molecule has 0 unspecified atom stereocenters. The molecule has 1 N–H and O–H groups in total. The fourth-order valence-corrected chi connectivity index (χ4v) is 4.88. The third-order valence-corrected chi connectivity index (χ3v) is 6.23. The zero-order valence-corrected chi connectivity index (χ0v) is 16.8. The minimum Gasteiger partial charge on any atom is -0.356 e. The molecule has 1 saturated heterocycles. The topological polar surface area (TPSA) is 56.4 Å². The number of benzene rings is 2. The molecule has 3 aromatic rings. The summed E-state index contributed by atoms with van der Waals surface area (Å²) >= 11 is 0. The summed E-state index contributed by atoms with van der Waals surface area (Å²) in [6, 6.07) is 15.8. The van der Waals surface area contributed by atoms with Gasteiger partial charge in [-0.25, -0.2) is 0 Å². The summed E-state index contributed by atoms with van der Waals surface area (Å²) in [5.41, 5.74) is 5.47. The van der Waals surface area contributed by atoms with Crippen LogP contribution in [-0.2, 0) is 16.0 Å². The van der Waals surface area contributed by atoms with Crippen molar-refractivity contribution in [2.24, 2.45) is 0 Å². The first-order chi connectivity index (χ1) is 14.1. The number of carbonyl (C=O) groups is 2. The van der Waals surface area contributed by atoms with Crippen LogP contribution < -0.4 is 0 Å². The zero-order chi connectivity index (χ0) is 20.1. The molecule has 1 fully saturated rings. The SMILES string of the molecule is CCCN1CC(=O)N2[C@H](c3ccc(C)cc3)c3[nH]c4ccccc4c3C[C@H]2C1=O. The molecule has 2 aromatic carbocycles. The van der Waals surface area contributed by atoms with E-state index in [-0.39, 0.29) is 24.4 Å². The highest BCUT2D eigenvalue weighted by Crippen LogP contribution is 2.42. The molecule has 0 spiro atoms. The third-order valence-electron chi connectivity index (χ3n) is 6.23. The van der Waals surface area contributed by atoms with Crippen molar-refractivity contribution in [3.63, 3.8) is 0 Å². The number of H-pyrrole nitrogens is 1. The Bertz CT molecular complexity index is 1100. The summed E-state index contributed by atoms with van der Waals surface area (Å²) in [4.78, 5) is 33.7. The lowest BCUT2D eigenvalue weighted by Gasteiger charge is -2.47. The van der Waals surface area contributed by atoms with Crippen molar-refractivity contribution < 1.29 is 9.59 Å². The molecule has 148 valence electrons. The number of nitrogens with one attached hydrogen (secondary N) is 1. The van der Waals surface area contributed by atoms with Crippen molar-refractivity contribution >= 4 is 22.7 Å². The van der Waals surface area contributed by atoms with E-state index in [2.05, 4.69) is 48.3 Å². The van der Waals surface area contributed by atoms with Gasteiger partial charge in [-0.1, -0.05) is 55.0 Å². The Morgan fingerprint density at radius 3 is 2.59 bits per heavy atom. The van der Waals surface area contributed by atoms with Crippen LogP contribution in [0.3, 0.4) is 0 Å². The maximum atomic E-state index is 13.3. The van der Waals surface area contributed by atoms with Crippen molar-refractivity contribution in [2.45, 2.75) is 38.8 Å². The second-order valence-corrected chi connectivity index (χ2v) is 8.16. The molecular weight excluding hydrogens is 362 g/mol. The highest BCUT2D eigenvalue weighted by atomic mass is 16.2. The average Bonchev–Trinajstić information content (AvgIpc) is 3.10. The van der Waals surface area contributed by atoms with Crippen molar-refractivity contribution in [1.82, 2.24) is 14.8 Å². The van der Waals surface area contributed by atoms with Crippen LogP contribution in [0.4, 0.5) is 0 Å². The molecule has 5 nitrogen and oxygen atoms in total. The Morgan fingerprint density at radius 1 is 1.07 bits per heavy atom. The van der Waals surface area contributed by atoms with Gasteiger partial charge in [0.25, 0.3) is 0 Å². The number of nitrogens with zero attached hydrogens (tertiary/aromatic N) is 2. The number of hydrogen-bond donors (Lipinski definition) is 1. The largest absolute Gasteiger partial charge is 0.356 e. The molecule has 3 heterocycles. The van der Waals surface area contributed by atoms with Crippen LogP contribution in [0, 0.1) is 6.92 Å². The molecule has 2 amide bonds. The van der Waals surface area contributed by atoms with Gasteiger partial charge in [0, 0.05) is 29.6 Å². The van der Waals surface area contributed by atoms with Gasteiger partial charge >= 0.3 is 0 Å². The van der Waals surface area contributed by atoms with Gasteiger partial charge in [0.2, 0.25) is 11.8 Å². The van der Waals surface area contributed by atoms with Gasteiger partial charge in [-0.2, -0.15) is 0 Å². The van der Waals surface area contributed by atoms with E-state index < -0.39 is 6.04 Å². The number of aromatic amines is 1. The fraction of sp³-hybridized carbons (Fsp3) is 0.333. The van der Waals surface area contributed by atoms with Crippen LogP contribution in [-0.4, -0.2) is 45.7 Å². The van der Waals surface area contributed by atoms with Crippen molar-refractivity contribution in [3.05, 3.63) is 70.9 Å². The van der Waals surface area contributed by atoms with E-state index in [4.69, 9.17) is 0 Å². The fourth-order valence-electron chi connectivity index (χ4n) is 4.88. The number of piperazine rings is 1. The molecule has 29 heavy (non-hydrogen) atoms. The van der Waals surface area contributed by atoms with Crippen molar-refractivity contribution in [3.8, 4) is 0 Å². The number of amides is 2. The lowest BCUT2D eigenvalue weighted by atomic mass is 9.86. The molecule has 2 aliphatic heterocycles. The lowest BCUT2D eigenvalue weighted by Crippen LogP contribution is -2.63. The van der Waals surface area contributed by atoms with E-state index in [1.165, 1.54) is 5.56 Å². The first-order valence-corrected chi connectivity index (χ1v) is 10.3. The van der Waals surface area contributed by atoms with Crippen molar-refractivity contribution in [2.75, 3.05) is 13.1 Å². The number of aromatic nitrogens is 1. The number of para-hydroxylation sites is 1. The standard InChI is InChI=1S/C24H25N3O2/c1-3-12-26-14-21(28)27-20(24(26)29)13-18-17-6-4-5-7-19(17)25-22(18)23(27)16-10-8-15(2)9-11-16/h4-11,20,23,25H,3,12-14H2,1-2H3/t20-,23+/m0/s1. The molecular formula is C24H25N3O2. The monoisotopic (exact) mass is 387 g/mol. The predicted molar refractivity (Wildman–Crippen MR) is 113 cm³/mol. The van der Waals surface area contributed by atoms with Gasteiger partial charge in [0.05, 0.1) is 12.6 Å². The van der Waals surface area contributed by atoms with E-state index in [1.807, 2.05) is 24.0 Å². The van der Waals surface area contributed by atoms with Crippen LogP contribution in [0.2, 0.25) is 0 Å². The Labute approximate surface area is 170 Å². The van der Waals surface area contributed by atoms with E-state index in [9.17, 15) is 9.59 Å². The van der Waals surface area contributed by atoms with E-state index in [0.29, 0.717) is 13.0 Å². The van der Waals surface area contributed by atoms with E-state index in [1.54, 1.807) is 4.90 Å². The van der Waals surface area contributed by atoms with Gasteiger partial charge in [-0.3, -0.25) is 9.59 Å². The second kappa shape index (κ2) is 6.76. The Balaban J connectivity index is 1.70. The smallest absolute Gasteiger partial charge is 0.246 e. The zero-order valence-electron chi connectivity index (χ0n) is 16.8. The van der Waals surface area contributed by atoms with Crippen molar-refractivity contribution in [1.29, 1.82) is 0 Å². The molecule has 2 atom stereocenters. The maximum absolute atomic E-state index is 13.3. The third kappa shape index (κ3) is 2.76. The molecule has 1 aromatic heterocycles. The predicted octanol–water partition coefficient (Wildman–Crippen LogP) is 3.57. The average molecular weight is 387 g/mol. The van der Waals surface area contributed by atoms with Gasteiger partial charge in [-0.05, 0) is 30.5 Å². The molecule has 0 radical (unpaired) electrons. The Hall–Kier alpha value is -3.08. The molecule has 5 heteroatoms. The summed E-state index contributed by atoms with van der Waals surface area (Å²) < 4.78 is 0. The molecule has 0 saturated carbocycles. The Morgan fingerprint density at radius 2 is 1.83 bits per heavy atom. The summed E-state index contributed by atoms with van der Waals surface area (Å²) in [6.45, 7) is 4.89. The maximum Gasteiger partial charge on any atom is 0.246 e. The molecule has 0 aliphatic carbocycles. The number of aryl methyl sites for hydroxylation is 1. The highest BCUT2D eigenvalue weighted by molar-refractivity contribution is 5.97. The number of rotatable bonds is 3. The molecule has 2 aliphatic rings. The summed E-state index contributed by atoms with van der Waals surface area (Å²) in [7, 11) is 0. The highest BCUT2D eigenvalue weighted by Gasteiger charge is 2.47. The summed E-state index contributed by atoms with van der Waals surface area (Å²) in [5.74, 6) is 0.0948. The van der Waals surface area contributed by atoms with E-state index >= 15 is 0 Å². The van der Waals surface area contributed by atoms with Gasteiger partial charge < -0.3 is 14.8 Å². The quantitative estimate of drug-likeness (QED) is 0.747. The number of hydrogen-bond acceptors (Lipinski definition) is 2. The molecule has 0 bridgehead atoms. The van der Waals surface area contributed by atoms with Gasteiger partial charge in [0.1, 0.15) is 6.04 Å². The van der Waals surface area contributed by atoms with Crippen LogP contribution >= 0.6 is 0 Å². The van der Waals surface area contributed by atoms with Crippen LogP contribution in [0.25, 0.3) is 10.9 Å². The first kappa shape index (κ1) is 18.0. The number of carbonyl (C=O) groups excluding carboxylic acids is 2. The number of fused-ring (bicyclic) bond motifs is 4. The Kier molecular flexibility index (Phi) is 4.19. The summed E-state index contributed by atoms with van der Waals surface area (Å²) in [6.07, 6.45) is 1.41. The summed E-state index contributed by atoms with van der Waals surface area (Å²) in [5, 5.41) is 1.15. The van der Waals surface area contributed by atoms with Crippen LogP contribution in [0.5, 0.6) is 0 Å². The van der Waals surface area contributed by atoms with E-state index in [0.717, 1.165) is 34.1 Å². The van der Waals surface area contributed by atoms with Gasteiger partial charge in [0.15, 0.2) is 0 Å². The lowest BCUT2D eigenvalue weighted by molar-refractivity contribution is -0.158. The minimum atomic E-state index is -0.444. The van der Waals surface area contributed by atoms with Gasteiger partial charge in [-0.15, -0.1) is 0 Å². The normalized spacial score (nSPS) is 21.4. The first-order valence-electron chi connectivity index (χ1n) is 10.3. The minimum absolute atomic E-state index is 0.0259. The van der Waals surface area contributed by atoms with Crippen LogP contribution in [0.15, 0.2) is 48.5 Å².